The molecule has 0 aliphatic heterocycles. The molecule has 2 N–H and O–H groups in total. The zero-order chi connectivity index (χ0) is 30.6. The van der Waals surface area contributed by atoms with Gasteiger partial charge in [-0.1, -0.05) is 137 Å². The van der Waals surface area contributed by atoms with Crippen molar-refractivity contribution >= 4 is 30.8 Å². The number of amides is 1. The Labute approximate surface area is 254 Å². The van der Waals surface area contributed by atoms with E-state index in [0.29, 0.717) is 0 Å². The molecule has 222 valence electrons. The number of nitrogens with one attached hydrogen (secondary N) is 1. The molecule has 0 saturated carbocycles. The lowest BCUT2D eigenvalue weighted by Crippen LogP contribution is -2.67. The predicted octanol–water partition coefficient (Wildman–Crippen LogP) is 6.19. The number of aliphatic carboxylic acids is 1. The van der Waals surface area contributed by atoms with Crippen LogP contribution in [0.25, 0.3) is 11.1 Å². The number of carbonyl (C=O) groups is 2. The van der Waals surface area contributed by atoms with Gasteiger partial charge in [-0.15, -0.1) is 0 Å². The topological polar surface area (TPSA) is 84.9 Å². The van der Waals surface area contributed by atoms with Crippen LogP contribution in [0.1, 0.15) is 44.7 Å². The van der Waals surface area contributed by atoms with Gasteiger partial charge in [-0.3, -0.25) is 0 Å². The lowest BCUT2D eigenvalue weighted by Gasteiger charge is -2.43. The van der Waals surface area contributed by atoms with E-state index in [1.54, 1.807) is 6.92 Å². The molecular formula is C36H39NO5Si. The number of alkyl carbamates (subject to hydrolysis) is 1. The van der Waals surface area contributed by atoms with Crippen molar-refractivity contribution in [2.24, 2.45) is 5.92 Å². The zero-order valence-electron chi connectivity index (χ0n) is 25.1. The molecule has 0 aromatic heterocycles. The first-order valence-corrected chi connectivity index (χ1v) is 16.6. The average Bonchev–Trinajstić information content (AvgIpc) is 3.33. The highest BCUT2D eigenvalue weighted by Gasteiger charge is 2.50. The van der Waals surface area contributed by atoms with E-state index in [4.69, 9.17) is 9.16 Å². The normalized spacial score (nSPS) is 14.3. The molecule has 5 rings (SSSR count). The Balaban J connectivity index is 1.31. The summed E-state index contributed by atoms with van der Waals surface area (Å²) in [6, 6.07) is 35.4. The first-order valence-electron chi connectivity index (χ1n) is 14.7. The smallest absolute Gasteiger partial charge is 0.407 e. The van der Waals surface area contributed by atoms with E-state index in [-0.39, 0.29) is 24.2 Å². The fourth-order valence-electron chi connectivity index (χ4n) is 6.33. The molecule has 0 bridgehead atoms. The highest BCUT2D eigenvalue weighted by molar-refractivity contribution is 6.99. The minimum absolute atomic E-state index is 0.110. The molecule has 4 aromatic rings. The lowest BCUT2D eigenvalue weighted by molar-refractivity contribution is -0.141. The summed E-state index contributed by atoms with van der Waals surface area (Å²) in [5, 5.41) is 14.7. The number of fused-ring (bicyclic) bond motifs is 3. The first kappa shape index (κ1) is 30.3. The van der Waals surface area contributed by atoms with Crippen molar-refractivity contribution in [3.05, 3.63) is 120 Å². The quantitative estimate of drug-likeness (QED) is 0.214. The van der Waals surface area contributed by atoms with Crippen molar-refractivity contribution in [2.45, 2.75) is 44.7 Å². The van der Waals surface area contributed by atoms with Crippen LogP contribution in [0.2, 0.25) is 5.04 Å². The number of carbonyl (C=O) groups excluding carboxylic acids is 1. The second-order valence-corrected chi connectivity index (χ2v) is 16.5. The number of carboxylic acid groups (broad SMARTS) is 1. The summed E-state index contributed by atoms with van der Waals surface area (Å²) < 4.78 is 12.6. The third-order valence-electron chi connectivity index (χ3n) is 8.43. The molecule has 1 aliphatic carbocycles. The van der Waals surface area contributed by atoms with Gasteiger partial charge in [0, 0.05) is 18.4 Å². The Hall–Kier alpha value is -4.20. The number of hydrogen-bond acceptors (Lipinski definition) is 4. The molecule has 43 heavy (non-hydrogen) atoms. The Morgan fingerprint density at radius 3 is 1.72 bits per heavy atom. The van der Waals surface area contributed by atoms with E-state index < -0.39 is 32.3 Å². The van der Waals surface area contributed by atoms with E-state index in [1.807, 2.05) is 72.8 Å². The molecule has 0 saturated heterocycles. The van der Waals surface area contributed by atoms with Gasteiger partial charge in [-0.25, -0.2) is 9.59 Å². The summed E-state index contributed by atoms with van der Waals surface area (Å²) in [6.45, 7) is 8.57. The van der Waals surface area contributed by atoms with Gasteiger partial charge in [0.05, 0.1) is 0 Å². The van der Waals surface area contributed by atoms with Crippen LogP contribution in [0.5, 0.6) is 0 Å². The summed E-state index contributed by atoms with van der Waals surface area (Å²) in [5.74, 6) is -1.77. The Morgan fingerprint density at radius 1 is 0.791 bits per heavy atom. The summed E-state index contributed by atoms with van der Waals surface area (Å²) in [4.78, 5) is 25.4. The largest absolute Gasteiger partial charge is 0.480 e. The fraction of sp³-hybridized carbons (Fsp3) is 0.278. The molecule has 7 heteroatoms. The first-order chi connectivity index (χ1) is 20.6. The van der Waals surface area contributed by atoms with Gasteiger partial charge < -0.3 is 19.6 Å². The fourth-order valence-corrected chi connectivity index (χ4v) is 11.0. The van der Waals surface area contributed by atoms with Crippen LogP contribution >= 0.6 is 0 Å². The maximum absolute atomic E-state index is 13.0. The van der Waals surface area contributed by atoms with Crippen LogP contribution in [0.3, 0.4) is 0 Å². The molecule has 0 heterocycles. The molecule has 2 atom stereocenters. The molecule has 1 aliphatic rings. The van der Waals surface area contributed by atoms with Gasteiger partial charge in [0.15, 0.2) is 0 Å². The van der Waals surface area contributed by atoms with Crippen LogP contribution < -0.4 is 15.7 Å². The monoisotopic (exact) mass is 593 g/mol. The molecule has 0 radical (unpaired) electrons. The maximum atomic E-state index is 13.0. The second kappa shape index (κ2) is 12.6. The van der Waals surface area contributed by atoms with E-state index in [1.165, 1.54) is 0 Å². The van der Waals surface area contributed by atoms with Crippen molar-refractivity contribution in [3.63, 3.8) is 0 Å². The highest BCUT2D eigenvalue weighted by Crippen LogP contribution is 2.44. The van der Waals surface area contributed by atoms with Gasteiger partial charge in [0.25, 0.3) is 8.32 Å². The minimum Gasteiger partial charge on any atom is -0.480 e. The van der Waals surface area contributed by atoms with E-state index in [0.717, 1.165) is 32.6 Å². The SMILES string of the molecule is CC(CO[Si](c1ccccc1)(c1ccccc1)C(C)(C)C)[C@H](NC(=O)OCC1c2ccccc2-c2ccccc21)C(=O)O. The van der Waals surface area contributed by atoms with Crippen LogP contribution in [0.15, 0.2) is 109 Å². The van der Waals surface area contributed by atoms with Crippen LogP contribution in [0.4, 0.5) is 4.79 Å². The number of carboxylic acids is 1. The van der Waals surface area contributed by atoms with Crippen molar-refractivity contribution in [1.29, 1.82) is 0 Å². The minimum atomic E-state index is -2.87. The van der Waals surface area contributed by atoms with E-state index in [2.05, 4.69) is 62.5 Å². The van der Waals surface area contributed by atoms with Crippen molar-refractivity contribution in [2.75, 3.05) is 13.2 Å². The Kier molecular flexibility index (Phi) is 8.85. The van der Waals surface area contributed by atoms with Crippen LogP contribution in [0, 0.1) is 5.92 Å². The molecule has 1 unspecified atom stereocenters. The molecule has 4 aromatic carbocycles. The summed E-state index contributed by atoms with van der Waals surface area (Å²) >= 11 is 0. The van der Waals surface area contributed by atoms with Crippen LogP contribution in [-0.4, -0.2) is 44.7 Å². The molecule has 1 amide bonds. The van der Waals surface area contributed by atoms with Gasteiger partial charge >= 0.3 is 12.1 Å². The summed E-state index contributed by atoms with van der Waals surface area (Å²) in [5.41, 5.74) is 4.45. The maximum Gasteiger partial charge on any atom is 0.407 e. The van der Waals surface area contributed by atoms with Crippen molar-refractivity contribution < 1.29 is 23.9 Å². The average molecular weight is 594 g/mol. The van der Waals surface area contributed by atoms with Gasteiger partial charge in [0.1, 0.15) is 12.6 Å². The van der Waals surface area contributed by atoms with Crippen molar-refractivity contribution in [1.82, 2.24) is 5.32 Å². The van der Waals surface area contributed by atoms with Gasteiger partial charge in [-0.2, -0.15) is 0 Å². The molecule has 6 nitrogen and oxygen atoms in total. The summed E-state index contributed by atoms with van der Waals surface area (Å²) in [7, 11) is -2.87. The van der Waals surface area contributed by atoms with E-state index >= 15 is 0 Å². The Morgan fingerprint density at radius 2 is 1.26 bits per heavy atom. The summed E-state index contributed by atoms with van der Waals surface area (Å²) in [6.07, 6.45) is -0.758. The van der Waals surface area contributed by atoms with Crippen molar-refractivity contribution in [3.8, 4) is 11.1 Å². The van der Waals surface area contributed by atoms with Crippen LogP contribution in [-0.2, 0) is 14.0 Å². The second-order valence-electron chi connectivity index (χ2n) is 12.2. The molecule has 0 fully saturated rings. The van der Waals surface area contributed by atoms with Gasteiger partial charge in [0.2, 0.25) is 0 Å². The molecular weight excluding hydrogens is 554 g/mol. The third-order valence-corrected chi connectivity index (χ3v) is 13.4. The predicted molar refractivity (Wildman–Crippen MR) is 172 cm³/mol. The number of hydrogen-bond donors (Lipinski definition) is 2. The number of rotatable bonds is 10. The number of benzene rings is 4. The lowest BCUT2D eigenvalue weighted by atomic mass is 9.98. The zero-order valence-corrected chi connectivity index (χ0v) is 26.1. The highest BCUT2D eigenvalue weighted by atomic mass is 28.4. The number of ether oxygens (including phenoxy) is 1. The third kappa shape index (κ3) is 6.01. The molecule has 0 spiro atoms. The van der Waals surface area contributed by atoms with E-state index in [9.17, 15) is 14.7 Å². The van der Waals surface area contributed by atoms with Gasteiger partial charge in [-0.05, 0) is 37.7 Å². The standard InChI is InChI=1S/C36H39NO5Si/c1-25(23-42-43(36(2,3)4,26-15-7-5-8-16-26)27-17-9-6-10-18-27)33(34(38)39)37-35(40)41-24-32-30-21-13-11-19-28(30)29-20-12-14-22-31(29)32/h5-22,25,32-33H,23-24H2,1-4H3,(H,37,40)(H,38,39)/t25?,33-/m0/s1. The Bertz CT molecular complexity index is 1480.